The molecule has 4 nitrogen and oxygen atoms in total. The molecule has 1 amide bonds. The van der Waals surface area contributed by atoms with Gasteiger partial charge in [-0.2, -0.15) is 0 Å². The number of nitrogens with one attached hydrogen (secondary N) is 1. The van der Waals surface area contributed by atoms with E-state index >= 15 is 0 Å². The van der Waals surface area contributed by atoms with E-state index in [1.165, 1.54) is 0 Å². The maximum absolute atomic E-state index is 12.0. The number of carbonyl (C=O) groups excluding carboxylic acids is 1. The number of hydrogen-bond donors (Lipinski definition) is 1. The average Bonchev–Trinajstić information content (AvgIpc) is 2.53. The number of rotatable bonds is 6. The molecule has 1 atom stereocenters. The predicted molar refractivity (Wildman–Crippen MR) is 81.3 cm³/mol. The van der Waals surface area contributed by atoms with Gasteiger partial charge < -0.3 is 14.8 Å². The first-order valence-electron chi connectivity index (χ1n) is 6.95. The van der Waals surface area contributed by atoms with E-state index < -0.39 is 6.09 Å². The van der Waals surface area contributed by atoms with Crippen LogP contribution in [0.3, 0.4) is 0 Å². The van der Waals surface area contributed by atoms with Gasteiger partial charge in [0.2, 0.25) is 0 Å². The zero-order valence-electron chi connectivity index (χ0n) is 12.0. The van der Waals surface area contributed by atoms with Crippen molar-refractivity contribution in [2.45, 2.75) is 13.0 Å². The molecule has 0 heterocycles. The van der Waals surface area contributed by atoms with Gasteiger partial charge in [-0.25, -0.2) is 4.79 Å². The topological polar surface area (TPSA) is 47.6 Å². The minimum Gasteiger partial charge on any atom is -0.410 e. The fraction of sp³-hybridized carbons (Fsp3) is 0.235. The molecule has 0 aliphatic carbocycles. The Morgan fingerprint density at radius 1 is 1.05 bits per heavy atom. The highest BCUT2D eigenvalue weighted by atomic mass is 16.6. The maximum atomic E-state index is 12.0. The van der Waals surface area contributed by atoms with Crippen LogP contribution < -0.4 is 10.1 Å². The number of para-hydroxylation sites is 1. The molecule has 0 unspecified atom stereocenters. The molecule has 2 aromatic rings. The van der Waals surface area contributed by atoms with Crippen molar-refractivity contribution in [1.29, 1.82) is 0 Å². The molecule has 0 spiro atoms. The summed E-state index contributed by atoms with van der Waals surface area (Å²) in [7, 11) is 0. The van der Waals surface area contributed by atoms with E-state index in [2.05, 4.69) is 5.32 Å². The normalized spacial score (nSPS) is 11.7. The Morgan fingerprint density at radius 3 is 2.29 bits per heavy atom. The quantitative estimate of drug-likeness (QED) is 0.883. The molecule has 0 aliphatic heterocycles. The van der Waals surface area contributed by atoms with Crippen LogP contribution in [0.4, 0.5) is 4.79 Å². The Morgan fingerprint density at radius 2 is 1.67 bits per heavy atom. The number of carbonyl (C=O) groups is 1. The van der Waals surface area contributed by atoms with Gasteiger partial charge in [-0.05, 0) is 24.6 Å². The standard InChI is InChI=1S/C17H19NO3/c1-2-20-13-16(14-9-5-3-6-10-14)18-17(19)21-15-11-7-4-8-12-15/h3-12,16H,2,13H2,1H3,(H,18,19)/t16-/m1/s1. The van der Waals surface area contributed by atoms with E-state index in [0.29, 0.717) is 19.0 Å². The smallest absolute Gasteiger partial charge is 0.410 e. The van der Waals surface area contributed by atoms with Crippen LogP contribution in [-0.2, 0) is 4.74 Å². The lowest BCUT2D eigenvalue weighted by Crippen LogP contribution is -2.33. The molecule has 0 aromatic heterocycles. The first kappa shape index (κ1) is 15.1. The van der Waals surface area contributed by atoms with Gasteiger partial charge in [-0.3, -0.25) is 0 Å². The number of benzene rings is 2. The second-order valence-electron chi connectivity index (χ2n) is 4.47. The fourth-order valence-corrected chi connectivity index (χ4v) is 1.91. The third-order valence-electron chi connectivity index (χ3n) is 2.94. The lowest BCUT2D eigenvalue weighted by atomic mass is 10.1. The third-order valence-corrected chi connectivity index (χ3v) is 2.94. The molecule has 110 valence electrons. The summed E-state index contributed by atoms with van der Waals surface area (Å²) in [6.07, 6.45) is -0.491. The fourth-order valence-electron chi connectivity index (χ4n) is 1.91. The highest BCUT2D eigenvalue weighted by Gasteiger charge is 2.15. The van der Waals surface area contributed by atoms with Crippen molar-refractivity contribution in [3.8, 4) is 5.75 Å². The number of hydrogen-bond acceptors (Lipinski definition) is 3. The van der Waals surface area contributed by atoms with Crippen LogP contribution in [-0.4, -0.2) is 19.3 Å². The summed E-state index contributed by atoms with van der Waals surface area (Å²) >= 11 is 0. The Balaban J connectivity index is 1.99. The minimum atomic E-state index is -0.491. The predicted octanol–water partition coefficient (Wildman–Crippen LogP) is 3.55. The molecule has 0 aliphatic rings. The van der Waals surface area contributed by atoms with Gasteiger partial charge in [0.1, 0.15) is 5.75 Å². The summed E-state index contributed by atoms with van der Waals surface area (Å²) < 4.78 is 10.7. The first-order chi connectivity index (χ1) is 10.3. The number of amides is 1. The summed E-state index contributed by atoms with van der Waals surface area (Å²) in [6.45, 7) is 2.92. The van der Waals surface area contributed by atoms with Gasteiger partial charge >= 0.3 is 6.09 Å². The van der Waals surface area contributed by atoms with E-state index in [1.54, 1.807) is 12.1 Å². The SMILES string of the molecule is CCOC[C@@H](NC(=O)Oc1ccccc1)c1ccccc1. The van der Waals surface area contributed by atoms with Crippen molar-refractivity contribution in [3.63, 3.8) is 0 Å². The molecule has 0 radical (unpaired) electrons. The Hall–Kier alpha value is -2.33. The van der Waals surface area contributed by atoms with Crippen LogP contribution in [0.15, 0.2) is 60.7 Å². The van der Waals surface area contributed by atoms with Gasteiger partial charge in [-0.1, -0.05) is 48.5 Å². The zero-order chi connectivity index (χ0) is 14.9. The second kappa shape index (κ2) is 8.07. The van der Waals surface area contributed by atoms with Crippen LogP contribution in [0.2, 0.25) is 0 Å². The van der Waals surface area contributed by atoms with Crippen molar-refractivity contribution in [2.75, 3.05) is 13.2 Å². The average molecular weight is 285 g/mol. The van der Waals surface area contributed by atoms with Gasteiger partial charge in [-0.15, -0.1) is 0 Å². The van der Waals surface area contributed by atoms with Crippen LogP contribution in [0, 0.1) is 0 Å². The largest absolute Gasteiger partial charge is 0.413 e. The molecule has 2 rings (SSSR count). The van der Waals surface area contributed by atoms with Crippen molar-refractivity contribution in [1.82, 2.24) is 5.32 Å². The Bertz CT molecular complexity index is 542. The summed E-state index contributed by atoms with van der Waals surface area (Å²) in [5.41, 5.74) is 0.982. The van der Waals surface area contributed by atoms with Crippen LogP contribution >= 0.6 is 0 Å². The van der Waals surface area contributed by atoms with Crippen molar-refractivity contribution < 1.29 is 14.3 Å². The monoisotopic (exact) mass is 285 g/mol. The van der Waals surface area contributed by atoms with E-state index in [0.717, 1.165) is 5.56 Å². The highest BCUT2D eigenvalue weighted by molar-refractivity contribution is 5.70. The minimum absolute atomic E-state index is 0.234. The highest BCUT2D eigenvalue weighted by Crippen LogP contribution is 2.14. The van der Waals surface area contributed by atoms with Gasteiger partial charge in [0.15, 0.2) is 0 Å². The van der Waals surface area contributed by atoms with Gasteiger partial charge in [0, 0.05) is 6.61 Å². The van der Waals surface area contributed by atoms with Crippen molar-refractivity contribution in [3.05, 3.63) is 66.2 Å². The molecule has 0 saturated carbocycles. The van der Waals surface area contributed by atoms with Gasteiger partial charge in [0.05, 0.1) is 12.6 Å². The summed E-state index contributed by atoms with van der Waals surface area (Å²) in [6, 6.07) is 18.4. The van der Waals surface area contributed by atoms with E-state index in [1.807, 2.05) is 55.5 Å². The third kappa shape index (κ3) is 4.93. The molecule has 0 bridgehead atoms. The van der Waals surface area contributed by atoms with Crippen LogP contribution in [0.1, 0.15) is 18.5 Å². The molecule has 0 saturated heterocycles. The van der Waals surface area contributed by atoms with Crippen molar-refractivity contribution >= 4 is 6.09 Å². The molecular formula is C17H19NO3. The Labute approximate surface area is 124 Å². The summed E-state index contributed by atoms with van der Waals surface area (Å²) in [5, 5.41) is 2.83. The van der Waals surface area contributed by atoms with E-state index in [-0.39, 0.29) is 6.04 Å². The van der Waals surface area contributed by atoms with Gasteiger partial charge in [0.25, 0.3) is 0 Å². The zero-order valence-corrected chi connectivity index (χ0v) is 12.0. The van der Waals surface area contributed by atoms with Crippen LogP contribution in [0.5, 0.6) is 5.75 Å². The first-order valence-corrected chi connectivity index (χ1v) is 6.95. The molecule has 2 aromatic carbocycles. The number of ether oxygens (including phenoxy) is 2. The van der Waals surface area contributed by atoms with Crippen molar-refractivity contribution in [2.24, 2.45) is 0 Å². The lowest BCUT2D eigenvalue weighted by molar-refractivity contribution is 0.119. The summed E-state index contributed by atoms with van der Waals surface area (Å²) in [5.74, 6) is 0.512. The maximum Gasteiger partial charge on any atom is 0.413 e. The van der Waals surface area contributed by atoms with E-state index in [9.17, 15) is 4.79 Å². The van der Waals surface area contributed by atoms with E-state index in [4.69, 9.17) is 9.47 Å². The second-order valence-corrected chi connectivity index (χ2v) is 4.47. The summed E-state index contributed by atoms with van der Waals surface area (Å²) in [4.78, 5) is 12.0. The molecule has 1 N–H and O–H groups in total. The Kier molecular flexibility index (Phi) is 5.79. The molecule has 21 heavy (non-hydrogen) atoms. The molecule has 4 heteroatoms. The van der Waals surface area contributed by atoms with Crippen LogP contribution in [0.25, 0.3) is 0 Å². The lowest BCUT2D eigenvalue weighted by Gasteiger charge is -2.18. The molecule has 0 fully saturated rings. The molecular weight excluding hydrogens is 266 g/mol.